The summed E-state index contributed by atoms with van der Waals surface area (Å²) in [5.41, 5.74) is 10.6. The van der Waals surface area contributed by atoms with Crippen LogP contribution in [0.5, 0.6) is 0 Å². The van der Waals surface area contributed by atoms with Crippen LogP contribution in [0, 0.1) is 13.8 Å². The number of hydrogen-bond donors (Lipinski definition) is 5. The van der Waals surface area contributed by atoms with Crippen molar-refractivity contribution in [2.75, 3.05) is 43.4 Å². The lowest BCUT2D eigenvalue weighted by atomic mass is 10.0. The quantitative estimate of drug-likeness (QED) is 0.0657. The highest BCUT2D eigenvalue weighted by molar-refractivity contribution is 5.97. The van der Waals surface area contributed by atoms with Gasteiger partial charge in [0.15, 0.2) is 0 Å². The molecule has 74 heavy (non-hydrogen) atoms. The van der Waals surface area contributed by atoms with E-state index < -0.39 is 5.60 Å². The largest absolute Gasteiger partial charge is 0.444 e. The molecule has 3 amide bonds. The van der Waals surface area contributed by atoms with Crippen molar-refractivity contribution in [3.05, 3.63) is 120 Å². The predicted molar refractivity (Wildman–Crippen MR) is 288 cm³/mol. The Morgan fingerprint density at radius 3 is 1.53 bits per heavy atom. The molecule has 0 radical (unpaired) electrons. The summed E-state index contributed by atoms with van der Waals surface area (Å²) in [5.74, 6) is -0.0381. The van der Waals surface area contributed by atoms with Crippen molar-refractivity contribution in [1.82, 2.24) is 50.0 Å². The van der Waals surface area contributed by atoms with E-state index in [2.05, 4.69) is 66.2 Å². The fraction of sp³-hybridized carbons (Fsp3) is 0.456. The highest BCUT2D eigenvalue weighted by Gasteiger charge is 2.29. The Hall–Kier alpha value is -7.11. The number of ether oxygens (including phenoxy) is 1. The number of aryl methyl sites for hydroxylation is 2. The Kier molecular flexibility index (Phi) is 16.1. The van der Waals surface area contributed by atoms with E-state index in [0.29, 0.717) is 48.4 Å². The number of carbonyl (C=O) groups excluding carboxylic acids is 3. The molecular weight excluding hydrogens is 933 g/mol. The second-order valence-electron chi connectivity index (χ2n) is 21.5. The molecule has 4 fully saturated rings. The van der Waals surface area contributed by atoms with E-state index in [-0.39, 0.29) is 30.6 Å². The molecule has 0 bridgehead atoms. The monoisotopic (exact) mass is 1000 g/mol. The molecule has 2 aliphatic heterocycles. The van der Waals surface area contributed by atoms with Crippen molar-refractivity contribution >= 4 is 29.3 Å². The number of pyridine rings is 2. The molecule has 1 atom stereocenters. The summed E-state index contributed by atoms with van der Waals surface area (Å²) >= 11 is 0. The molecule has 6 aromatic rings. The van der Waals surface area contributed by atoms with Gasteiger partial charge in [0.2, 0.25) is 0 Å². The van der Waals surface area contributed by atoms with E-state index >= 15 is 0 Å². The maximum absolute atomic E-state index is 12.6. The first-order chi connectivity index (χ1) is 35.6. The second-order valence-corrected chi connectivity index (χ2v) is 21.5. The van der Waals surface area contributed by atoms with Gasteiger partial charge in [-0.2, -0.15) is 10.2 Å². The summed E-state index contributed by atoms with van der Waals surface area (Å²) in [7, 11) is 0. The number of nitrogens with zero attached hydrogens (tertiary/aromatic N) is 8. The van der Waals surface area contributed by atoms with Gasteiger partial charge in [-0.3, -0.25) is 19.6 Å². The highest BCUT2D eigenvalue weighted by atomic mass is 16.6. The maximum atomic E-state index is 12.6. The lowest BCUT2D eigenvalue weighted by Gasteiger charge is -2.36. The van der Waals surface area contributed by atoms with Crippen molar-refractivity contribution < 1.29 is 24.2 Å². The second kappa shape index (κ2) is 23.0. The van der Waals surface area contributed by atoms with Crippen LogP contribution in [0.25, 0.3) is 33.6 Å². The van der Waals surface area contributed by atoms with E-state index in [1.54, 1.807) is 22.0 Å². The number of aliphatic hydroxyl groups is 1. The zero-order chi connectivity index (χ0) is 51.9. The lowest BCUT2D eigenvalue weighted by molar-refractivity contribution is 0.0210. The van der Waals surface area contributed by atoms with Gasteiger partial charge in [0.05, 0.1) is 59.9 Å². The van der Waals surface area contributed by atoms with Gasteiger partial charge in [0, 0.05) is 97.6 Å². The van der Waals surface area contributed by atoms with Crippen molar-refractivity contribution in [2.45, 2.75) is 135 Å². The SMILES string of the molecule is Cc1ccc(C(=O)NC2CC2)cc1-c1cnn(-c2cncc(NC3CCN(C(=O)OC(C)(C)C)CC3)c2)c1.Cc1ccc(C(=O)NC2CC2)cc1-c1cnn(-c2cncc(NC3CCN(C(C)CCO)CC3)c2)c1. The Morgan fingerprint density at radius 1 is 0.635 bits per heavy atom. The maximum Gasteiger partial charge on any atom is 0.410 e. The number of hydrogen-bond acceptors (Lipinski definition) is 12. The summed E-state index contributed by atoms with van der Waals surface area (Å²) in [5, 5.41) is 31.7. The number of aromatic nitrogens is 6. The number of benzene rings is 2. The number of rotatable bonds is 15. The molecule has 5 N–H and O–H groups in total. The molecule has 2 saturated heterocycles. The minimum absolute atomic E-state index is 0.0113. The zero-order valence-corrected chi connectivity index (χ0v) is 43.7. The third kappa shape index (κ3) is 13.7. The zero-order valence-electron chi connectivity index (χ0n) is 43.7. The van der Waals surface area contributed by atoms with Gasteiger partial charge in [0.25, 0.3) is 11.8 Å². The standard InChI is InChI=1S/C29H36N6O3.C28H36N6O2/c1-19-5-6-20(27(36)33-22-7-8-22)13-26(19)21-15-31-35(18-21)25-14-24(16-30-17-25)32-23-9-11-34(12-10-23)28(37)38-29(2,3)4;1-19-3-4-21(28(36)32-23-5-6-23)13-27(19)22-15-30-34(18-22)26-14-25(16-29-17-26)31-24-7-10-33(11-8-24)20(2)9-12-35/h5-6,13-18,22-23,32H,7-12H2,1-4H3,(H,33,36);3-4,13-18,20,23-24,31,35H,5-12H2,1-2H3,(H,32,36). The minimum atomic E-state index is -0.489. The molecule has 390 valence electrons. The van der Waals surface area contributed by atoms with E-state index in [0.717, 1.165) is 127 Å². The first-order valence-electron chi connectivity index (χ1n) is 26.3. The van der Waals surface area contributed by atoms with Crippen LogP contribution < -0.4 is 21.3 Å². The highest BCUT2D eigenvalue weighted by Crippen LogP contribution is 2.30. The van der Waals surface area contributed by atoms with Gasteiger partial charge in [-0.15, -0.1) is 0 Å². The van der Waals surface area contributed by atoms with Gasteiger partial charge in [-0.05, 0) is 158 Å². The Balaban J connectivity index is 0.000000182. The molecule has 6 heterocycles. The predicted octanol–water partition coefficient (Wildman–Crippen LogP) is 8.73. The topological polar surface area (TPSA) is 197 Å². The number of nitrogens with one attached hydrogen (secondary N) is 4. The Morgan fingerprint density at radius 2 is 1.09 bits per heavy atom. The van der Waals surface area contributed by atoms with Crippen LogP contribution in [0.3, 0.4) is 0 Å². The van der Waals surface area contributed by atoms with Crippen LogP contribution >= 0.6 is 0 Å². The summed E-state index contributed by atoms with van der Waals surface area (Å²) in [4.78, 5) is 50.5. The first kappa shape index (κ1) is 51.8. The number of likely N-dealkylation sites (tertiary alicyclic amines) is 2. The third-order valence-electron chi connectivity index (χ3n) is 14.2. The Bertz CT molecular complexity index is 2900. The van der Waals surface area contributed by atoms with Crippen molar-refractivity contribution in [3.8, 4) is 33.6 Å². The summed E-state index contributed by atoms with van der Waals surface area (Å²) in [6.07, 6.45) is 23.5. The van der Waals surface area contributed by atoms with Gasteiger partial charge in [-0.25, -0.2) is 14.2 Å². The number of anilines is 2. The summed E-state index contributed by atoms with van der Waals surface area (Å²) in [6, 6.07) is 17.5. The molecule has 2 aliphatic carbocycles. The van der Waals surface area contributed by atoms with Crippen molar-refractivity contribution in [2.24, 2.45) is 0 Å². The normalized spacial score (nSPS) is 16.9. The summed E-state index contributed by atoms with van der Waals surface area (Å²) in [6.45, 7) is 15.5. The van der Waals surface area contributed by atoms with E-state index in [1.807, 2.05) is 112 Å². The molecule has 10 rings (SSSR count). The smallest absolute Gasteiger partial charge is 0.410 e. The number of aliphatic hydroxyl groups excluding tert-OH is 1. The van der Waals surface area contributed by atoms with Gasteiger partial charge in [0.1, 0.15) is 5.60 Å². The van der Waals surface area contributed by atoms with Crippen LogP contribution in [0.15, 0.2) is 98.1 Å². The van der Waals surface area contributed by atoms with Crippen LogP contribution in [0.1, 0.15) is 117 Å². The molecule has 17 heteroatoms. The van der Waals surface area contributed by atoms with E-state index in [1.165, 1.54) is 0 Å². The van der Waals surface area contributed by atoms with Crippen molar-refractivity contribution in [3.63, 3.8) is 0 Å². The van der Waals surface area contributed by atoms with Gasteiger partial charge < -0.3 is 40.9 Å². The molecule has 2 aromatic carbocycles. The summed E-state index contributed by atoms with van der Waals surface area (Å²) < 4.78 is 9.14. The number of amides is 3. The average molecular weight is 1010 g/mol. The van der Waals surface area contributed by atoms with E-state index in [4.69, 9.17) is 4.74 Å². The fourth-order valence-corrected chi connectivity index (χ4v) is 9.47. The molecule has 0 spiro atoms. The number of carbonyl (C=O) groups is 3. The molecule has 4 aliphatic rings. The third-order valence-corrected chi connectivity index (χ3v) is 14.2. The molecule has 2 saturated carbocycles. The van der Waals surface area contributed by atoms with Crippen molar-refractivity contribution in [1.29, 1.82) is 0 Å². The van der Waals surface area contributed by atoms with Crippen LogP contribution in [-0.2, 0) is 4.74 Å². The first-order valence-corrected chi connectivity index (χ1v) is 26.3. The Labute approximate surface area is 434 Å². The minimum Gasteiger partial charge on any atom is -0.444 e. The molecular formula is C57H72N12O5. The molecule has 17 nitrogen and oxygen atoms in total. The lowest BCUT2D eigenvalue weighted by Crippen LogP contribution is -2.44. The fourth-order valence-electron chi connectivity index (χ4n) is 9.47. The molecule has 1 unspecified atom stereocenters. The number of piperidine rings is 2. The van der Waals surface area contributed by atoms with Crippen LogP contribution in [0.2, 0.25) is 0 Å². The average Bonchev–Trinajstić information content (AvgIpc) is 4.28. The van der Waals surface area contributed by atoms with Crippen LogP contribution in [-0.4, -0.2) is 131 Å². The van der Waals surface area contributed by atoms with Crippen LogP contribution in [0.4, 0.5) is 16.2 Å². The molecule has 4 aromatic heterocycles. The van der Waals surface area contributed by atoms with Gasteiger partial charge >= 0.3 is 6.09 Å². The van der Waals surface area contributed by atoms with Gasteiger partial charge in [-0.1, -0.05) is 12.1 Å². The van der Waals surface area contributed by atoms with E-state index in [9.17, 15) is 19.5 Å².